The number of unbranched alkanes of at least 4 members (excludes halogenated alkanes) is 63. The Morgan fingerprint density at radius 1 is 0.314 bits per heavy atom. The molecule has 3 N–H and O–H groups in total. The van der Waals surface area contributed by atoms with Crippen LogP contribution in [0.5, 0.6) is 0 Å². The van der Waals surface area contributed by atoms with Gasteiger partial charge < -0.3 is 20.3 Å². The molecule has 0 aliphatic rings. The lowest BCUT2D eigenvalue weighted by Gasteiger charge is -2.22. The average Bonchev–Trinajstić information content (AvgIpc) is 3.56. The van der Waals surface area contributed by atoms with Crippen molar-refractivity contribution in [1.82, 2.24) is 5.32 Å². The van der Waals surface area contributed by atoms with E-state index in [0.717, 1.165) is 44.9 Å². The highest BCUT2D eigenvalue weighted by Gasteiger charge is 2.20. The monoisotopic (exact) mass is 1210 g/mol. The summed E-state index contributed by atoms with van der Waals surface area (Å²) in [5.41, 5.74) is 0. The first-order chi connectivity index (χ1) is 42.5. The maximum Gasteiger partial charge on any atom is 0.305 e. The highest BCUT2D eigenvalue weighted by Crippen LogP contribution is 2.20. The van der Waals surface area contributed by atoms with Crippen LogP contribution in [0, 0.1) is 0 Å². The third-order valence-corrected chi connectivity index (χ3v) is 19.1. The first kappa shape index (κ1) is 84.6. The number of aliphatic hydroxyl groups excluding tert-OH is 2. The smallest absolute Gasteiger partial charge is 0.305 e. The Morgan fingerprint density at radius 3 is 0.826 bits per heavy atom. The molecule has 6 nitrogen and oxygen atoms in total. The molecule has 1 amide bonds. The topological polar surface area (TPSA) is 95.9 Å². The van der Waals surface area contributed by atoms with Gasteiger partial charge in [0.25, 0.3) is 0 Å². The van der Waals surface area contributed by atoms with Crippen LogP contribution in [0.2, 0.25) is 0 Å². The number of carbonyl (C=O) groups excluding carboxylic acids is 2. The van der Waals surface area contributed by atoms with Gasteiger partial charge in [-0.1, -0.05) is 411 Å². The van der Waals surface area contributed by atoms with Crippen molar-refractivity contribution in [2.24, 2.45) is 0 Å². The van der Waals surface area contributed by atoms with E-state index < -0.39 is 12.1 Å². The lowest BCUT2D eigenvalue weighted by Crippen LogP contribution is -2.45. The molecule has 86 heavy (non-hydrogen) atoms. The molecule has 0 radical (unpaired) electrons. The number of aliphatic hydroxyl groups is 2. The Balaban J connectivity index is 3.33. The molecule has 0 saturated heterocycles. The van der Waals surface area contributed by atoms with Crippen LogP contribution in [0.4, 0.5) is 0 Å². The van der Waals surface area contributed by atoms with E-state index in [4.69, 9.17) is 4.74 Å². The zero-order chi connectivity index (χ0) is 62.0. The van der Waals surface area contributed by atoms with Crippen molar-refractivity contribution in [3.63, 3.8) is 0 Å². The predicted molar refractivity (Wildman–Crippen MR) is 380 cm³/mol. The van der Waals surface area contributed by atoms with E-state index in [1.54, 1.807) is 0 Å². The third kappa shape index (κ3) is 71.7. The first-order valence-electron chi connectivity index (χ1n) is 39.9. The van der Waals surface area contributed by atoms with Crippen LogP contribution < -0.4 is 5.32 Å². The van der Waals surface area contributed by atoms with Crippen LogP contribution in [0.15, 0.2) is 12.2 Å². The number of ether oxygens (including phenoxy) is 1. The minimum absolute atomic E-state index is 0.0182. The number of carbonyl (C=O) groups is 2. The number of amides is 1. The summed E-state index contributed by atoms with van der Waals surface area (Å²) in [5.74, 6) is -0.00702. The van der Waals surface area contributed by atoms with Crippen LogP contribution in [-0.2, 0) is 14.3 Å². The SMILES string of the molecule is CCCCCCCC/C=C\CCCCCCCCCC(=O)OCCCCCCCCCCCCCCCCCCCCCCCCCCCCCCCCC(=O)NC(CO)C(O)CCCCCCCCCCCCCCCCCCCCCCCC. The maximum absolute atomic E-state index is 12.6. The van der Waals surface area contributed by atoms with Crippen molar-refractivity contribution >= 4 is 11.9 Å². The van der Waals surface area contributed by atoms with Crippen molar-refractivity contribution < 1.29 is 24.5 Å². The third-order valence-electron chi connectivity index (χ3n) is 19.1. The van der Waals surface area contributed by atoms with Crippen LogP contribution >= 0.6 is 0 Å². The zero-order valence-electron chi connectivity index (χ0n) is 58.8. The Morgan fingerprint density at radius 2 is 0.547 bits per heavy atom. The number of rotatable bonds is 76. The summed E-state index contributed by atoms with van der Waals surface area (Å²) in [6.45, 7) is 5.01. The van der Waals surface area contributed by atoms with E-state index >= 15 is 0 Å². The van der Waals surface area contributed by atoms with Gasteiger partial charge in [0, 0.05) is 12.8 Å². The summed E-state index contributed by atoms with van der Waals surface area (Å²) < 4.78 is 5.51. The molecule has 0 aliphatic carbocycles. The van der Waals surface area contributed by atoms with Gasteiger partial charge in [-0.3, -0.25) is 9.59 Å². The molecule has 2 unspecified atom stereocenters. The van der Waals surface area contributed by atoms with Gasteiger partial charge in [0.2, 0.25) is 5.91 Å². The molecule has 0 saturated carbocycles. The second-order valence-corrected chi connectivity index (χ2v) is 27.8. The van der Waals surface area contributed by atoms with Gasteiger partial charge in [0.15, 0.2) is 0 Å². The normalized spacial score (nSPS) is 12.5. The molecule has 0 rings (SSSR count). The molecule has 2 atom stereocenters. The van der Waals surface area contributed by atoms with E-state index in [-0.39, 0.29) is 18.5 Å². The van der Waals surface area contributed by atoms with Gasteiger partial charge in [-0.2, -0.15) is 0 Å². The standard InChI is InChI=1S/C80H157NO5/c1-3-5-7-9-11-13-15-17-19-21-22-23-34-37-41-44-48-52-56-60-64-68-72-78(83)77(76-82)81-79(84)73-69-65-61-57-53-49-45-42-38-35-32-30-28-26-24-25-27-29-31-33-36-39-43-47-51-55-59-63-67-71-75-86-80(85)74-70-66-62-58-54-50-46-40-20-18-16-14-12-10-8-6-4-2/h18,20,77-78,82-83H,3-17,19,21-76H2,1-2H3,(H,81,84)/b20-18-. The van der Waals surface area contributed by atoms with Gasteiger partial charge >= 0.3 is 5.97 Å². The van der Waals surface area contributed by atoms with Gasteiger partial charge in [-0.25, -0.2) is 0 Å². The predicted octanol–water partition coefficient (Wildman–Crippen LogP) is 26.3. The molecule has 0 aliphatic heterocycles. The summed E-state index contributed by atoms with van der Waals surface area (Å²) in [4.78, 5) is 24.7. The highest BCUT2D eigenvalue weighted by atomic mass is 16.5. The fraction of sp³-hybridized carbons (Fsp3) is 0.950. The summed E-state index contributed by atoms with van der Waals surface area (Å²) in [6, 6.07) is -0.539. The molecule has 0 fully saturated rings. The molecule has 0 aromatic heterocycles. The molecule has 0 aromatic rings. The molecule has 0 spiro atoms. The molecule has 6 heteroatoms. The Labute approximate surface area is 539 Å². The van der Waals surface area contributed by atoms with Crippen LogP contribution in [0.1, 0.15) is 463 Å². The van der Waals surface area contributed by atoms with Gasteiger partial charge in [-0.15, -0.1) is 0 Å². The van der Waals surface area contributed by atoms with Gasteiger partial charge in [0.1, 0.15) is 0 Å². The quantitative estimate of drug-likeness (QED) is 0.0320. The number of hydrogen-bond acceptors (Lipinski definition) is 5. The highest BCUT2D eigenvalue weighted by molar-refractivity contribution is 5.76. The summed E-state index contributed by atoms with van der Waals surface area (Å²) >= 11 is 0. The summed E-state index contributed by atoms with van der Waals surface area (Å²) in [6.07, 6.45) is 95.9. The number of esters is 1. The van der Waals surface area contributed by atoms with Crippen molar-refractivity contribution in [3.05, 3.63) is 12.2 Å². The molecule has 0 aromatic carbocycles. The Kier molecular flexibility index (Phi) is 74.8. The zero-order valence-corrected chi connectivity index (χ0v) is 58.8. The Hall–Kier alpha value is -1.40. The van der Waals surface area contributed by atoms with E-state index in [0.29, 0.717) is 25.9 Å². The average molecular weight is 1210 g/mol. The van der Waals surface area contributed by atoms with Crippen molar-refractivity contribution in [2.75, 3.05) is 13.2 Å². The van der Waals surface area contributed by atoms with E-state index in [9.17, 15) is 19.8 Å². The minimum Gasteiger partial charge on any atom is -0.466 e. The largest absolute Gasteiger partial charge is 0.466 e. The lowest BCUT2D eigenvalue weighted by atomic mass is 10.0. The summed E-state index contributed by atoms with van der Waals surface area (Å²) in [7, 11) is 0. The fourth-order valence-electron chi connectivity index (χ4n) is 13.0. The first-order valence-corrected chi connectivity index (χ1v) is 39.9. The second-order valence-electron chi connectivity index (χ2n) is 27.8. The van der Waals surface area contributed by atoms with E-state index in [1.165, 1.54) is 385 Å². The van der Waals surface area contributed by atoms with E-state index in [2.05, 4.69) is 31.3 Å². The fourth-order valence-corrected chi connectivity index (χ4v) is 13.0. The molecule has 0 heterocycles. The molecule has 512 valence electrons. The second kappa shape index (κ2) is 76.1. The lowest BCUT2D eigenvalue weighted by molar-refractivity contribution is -0.143. The molecule has 0 bridgehead atoms. The van der Waals surface area contributed by atoms with Crippen LogP contribution in [-0.4, -0.2) is 47.4 Å². The number of allylic oxidation sites excluding steroid dienone is 2. The van der Waals surface area contributed by atoms with Crippen LogP contribution in [0.3, 0.4) is 0 Å². The summed E-state index contributed by atoms with van der Waals surface area (Å²) in [5, 5.41) is 23.5. The minimum atomic E-state index is -0.662. The molecular formula is C80H157NO5. The van der Waals surface area contributed by atoms with Gasteiger partial charge in [0.05, 0.1) is 25.4 Å². The van der Waals surface area contributed by atoms with Gasteiger partial charge in [-0.05, 0) is 51.4 Å². The number of hydrogen-bond donors (Lipinski definition) is 3. The molecular weight excluding hydrogens is 1050 g/mol. The van der Waals surface area contributed by atoms with Crippen LogP contribution in [0.25, 0.3) is 0 Å². The maximum atomic E-state index is 12.6. The number of nitrogens with one attached hydrogen (secondary N) is 1. The Bertz CT molecular complexity index is 1300. The van der Waals surface area contributed by atoms with Crippen molar-refractivity contribution in [1.29, 1.82) is 0 Å². The van der Waals surface area contributed by atoms with Crippen molar-refractivity contribution in [3.8, 4) is 0 Å². The van der Waals surface area contributed by atoms with Crippen molar-refractivity contribution in [2.45, 2.75) is 475 Å². The van der Waals surface area contributed by atoms with E-state index in [1.807, 2.05) is 0 Å².